The number of likely N-dealkylation sites (tertiary alicyclic amines) is 1. The summed E-state index contributed by atoms with van der Waals surface area (Å²) in [6.45, 7) is 3.76. The molecule has 26 heavy (non-hydrogen) atoms. The summed E-state index contributed by atoms with van der Waals surface area (Å²) >= 11 is 0. The van der Waals surface area contributed by atoms with Crippen LogP contribution in [-0.2, 0) is 9.53 Å². The Bertz CT molecular complexity index is 714. The summed E-state index contributed by atoms with van der Waals surface area (Å²) in [5.74, 6) is -4.38. The lowest BCUT2D eigenvalue weighted by Crippen LogP contribution is -2.45. The monoisotopic (exact) mass is 372 g/mol. The number of alkyl halides is 2. The summed E-state index contributed by atoms with van der Waals surface area (Å²) in [5.41, 5.74) is -1.13. The van der Waals surface area contributed by atoms with Crippen LogP contribution in [0.1, 0.15) is 27.2 Å². The number of carbonyl (C=O) groups excluding carboxylic acids is 2. The molecule has 0 aromatic heterocycles. The second kappa shape index (κ2) is 6.85. The minimum absolute atomic E-state index is 0.0556. The van der Waals surface area contributed by atoms with E-state index >= 15 is 0 Å². The third kappa shape index (κ3) is 4.87. The number of non-ortho nitro benzene ring substituents is 1. The molecule has 1 aromatic carbocycles. The first-order valence-electron chi connectivity index (χ1n) is 7.71. The molecular formula is C16H18F2N2O6. The van der Waals surface area contributed by atoms with Gasteiger partial charge in [0.05, 0.1) is 11.5 Å². The Balaban J connectivity index is 2.13. The van der Waals surface area contributed by atoms with Crippen LogP contribution in [-0.4, -0.2) is 46.0 Å². The van der Waals surface area contributed by atoms with Gasteiger partial charge in [0.25, 0.3) is 11.6 Å². The highest BCUT2D eigenvalue weighted by Gasteiger charge is 2.52. The van der Waals surface area contributed by atoms with Crippen LogP contribution in [0.2, 0.25) is 0 Å². The van der Waals surface area contributed by atoms with Crippen LogP contribution < -0.4 is 4.74 Å². The molecule has 142 valence electrons. The molecule has 0 N–H and O–H groups in total. The van der Waals surface area contributed by atoms with Gasteiger partial charge < -0.3 is 9.47 Å². The quantitative estimate of drug-likeness (QED) is 0.350. The van der Waals surface area contributed by atoms with Crippen LogP contribution >= 0.6 is 0 Å². The summed E-state index contributed by atoms with van der Waals surface area (Å²) in [6.07, 6.45) is -1.93. The fourth-order valence-corrected chi connectivity index (χ4v) is 2.36. The highest BCUT2D eigenvalue weighted by atomic mass is 19.3. The summed E-state index contributed by atoms with van der Waals surface area (Å²) < 4.78 is 37.5. The minimum atomic E-state index is -3.25. The number of esters is 1. The molecule has 0 bridgehead atoms. The maximum atomic E-state index is 13.7. The second-order valence-corrected chi connectivity index (χ2v) is 6.86. The van der Waals surface area contributed by atoms with Gasteiger partial charge in [0.1, 0.15) is 17.4 Å². The largest absolute Gasteiger partial charge is 0.444 e. The molecule has 1 atom stereocenters. The van der Waals surface area contributed by atoms with Gasteiger partial charge in [-0.2, -0.15) is 0 Å². The van der Waals surface area contributed by atoms with Gasteiger partial charge in [0, 0.05) is 18.6 Å². The molecule has 1 saturated heterocycles. The zero-order chi connectivity index (χ0) is 19.7. The standard InChI is InChI=1S/C16H18F2N2O6/c1-15(2,3)26-14(22)19-9-16(17,18)8-12(19)13(21)25-11-6-4-10(5-7-11)20(23)24/h4-7,12H,8-9H2,1-3H3. The summed E-state index contributed by atoms with van der Waals surface area (Å²) in [6, 6.07) is 3.03. The number of hydrogen-bond acceptors (Lipinski definition) is 6. The van der Waals surface area contributed by atoms with Gasteiger partial charge in [-0.25, -0.2) is 18.4 Å². The maximum absolute atomic E-state index is 13.7. The lowest BCUT2D eigenvalue weighted by Gasteiger charge is -2.27. The van der Waals surface area contributed by atoms with Crippen molar-refractivity contribution in [3.05, 3.63) is 34.4 Å². The van der Waals surface area contributed by atoms with Gasteiger partial charge in [0.2, 0.25) is 0 Å². The van der Waals surface area contributed by atoms with Crippen molar-refractivity contribution in [2.45, 2.75) is 44.8 Å². The molecule has 1 aromatic rings. The molecule has 10 heteroatoms. The maximum Gasteiger partial charge on any atom is 0.411 e. The Morgan fingerprint density at radius 3 is 2.35 bits per heavy atom. The fourth-order valence-electron chi connectivity index (χ4n) is 2.36. The van der Waals surface area contributed by atoms with Crippen LogP contribution in [0.25, 0.3) is 0 Å². The number of amides is 1. The number of nitrogens with zero attached hydrogens (tertiary/aromatic N) is 2. The van der Waals surface area contributed by atoms with Crippen molar-refractivity contribution in [2.24, 2.45) is 0 Å². The van der Waals surface area contributed by atoms with Gasteiger partial charge in [-0.15, -0.1) is 0 Å². The summed E-state index contributed by atoms with van der Waals surface area (Å²) in [7, 11) is 0. The van der Waals surface area contributed by atoms with Crippen molar-refractivity contribution in [2.75, 3.05) is 6.54 Å². The topological polar surface area (TPSA) is 99.0 Å². The second-order valence-electron chi connectivity index (χ2n) is 6.86. The number of ether oxygens (including phenoxy) is 2. The molecular weight excluding hydrogens is 354 g/mol. The molecule has 1 amide bonds. The van der Waals surface area contributed by atoms with Crippen molar-refractivity contribution >= 4 is 17.7 Å². The molecule has 1 fully saturated rings. The number of benzene rings is 1. The molecule has 8 nitrogen and oxygen atoms in total. The van der Waals surface area contributed by atoms with Crippen molar-refractivity contribution in [1.82, 2.24) is 4.90 Å². The van der Waals surface area contributed by atoms with Gasteiger partial charge in [0.15, 0.2) is 0 Å². The molecule has 0 saturated carbocycles. The average Bonchev–Trinajstić information content (AvgIpc) is 2.82. The number of nitro groups is 1. The molecule has 1 unspecified atom stereocenters. The fraction of sp³-hybridized carbons (Fsp3) is 0.500. The highest BCUT2D eigenvalue weighted by Crippen LogP contribution is 2.34. The third-order valence-electron chi connectivity index (χ3n) is 3.44. The van der Waals surface area contributed by atoms with Gasteiger partial charge in [-0.1, -0.05) is 0 Å². The number of halogens is 2. The van der Waals surface area contributed by atoms with E-state index in [0.29, 0.717) is 4.90 Å². The van der Waals surface area contributed by atoms with Gasteiger partial charge in [-0.3, -0.25) is 15.0 Å². The number of nitro benzene ring substituents is 1. The Morgan fingerprint density at radius 2 is 1.85 bits per heavy atom. The molecule has 0 aliphatic carbocycles. The van der Waals surface area contributed by atoms with Crippen LogP contribution in [0.3, 0.4) is 0 Å². The average molecular weight is 372 g/mol. The highest BCUT2D eigenvalue weighted by molar-refractivity contribution is 5.84. The Kier molecular flexibility index (Phi) is 5.15. The molecule has 1 heterocycles. The predicted octanol–water partition coefficient (Wildman–Crippen LogP) is 3.14. The van der Waals surface area contributed by atoms with Crippen LogP contribution in [0, 0.1) is 10.1 Å². The molecule has 1 aliphatic heterocycles. The van der Waals surface area contributed by atoms with E-state index in [1.165, 1.54) is 12.1 Å². The number of rotatable bonds is 3. The smallest absolute Gasteiger partial charge is 0.411 e. The molecule has 1 aliphatic rings. The zero-order valence-corrected chi connectivity index (χ0v) is 14.4. The molecule has 0 spiro atoms. The Morgan fingerprint density at radius 1 is 1.27 bits per heavy atom. The van der Waals surface area contributed by atoms with Gasteiger partial charge >= 0.3 is 12.1 Å². The zero-order valence-electron chi connectivity index (χ0n) is 14.4. The van der Waals surface area contributed by atoms with Crippen molar-refractivity contribution < 1.29 is 32.8 Å². The minimum Gasteiger partial charge on any atom is -0.444 e. The van der Waals surface area contributed by atoms with Gasteiger partial charge in [-0.05, 0) is 32.9 Å². The summed E-state index contributed by atoms with van der Waals surface area (Å²) in [5, 5.41) is 10.6. The predicted molar refractivity (Wildman–Crippen MR) is 85.0 cm³/mol. The first-order valence-corrected chi connectivity index (χ1v) is 7.71. The normalized spacial score (nSPS) is 19.1. The van der Waals surface area contributed by atoms with E-state index in [9.17, 15) is 28.5 Å². The van der Waals surface area contributed by atoms with Crippen molar-refractivity contribution in [3.8, 4) is 5.75 Å². The number of carbonyl (C=O) groups is 2. The van der Waals surface area contributed by atoms with E-state index in [4.69, 9.17) is 9.47 Å². The van der Waals surface area contributed by atoms with Crippen LogP contribution in [0.15, 0.2) is 24.3 Å². The number of hydrogen-bond donors (Lipinski definition) is 0. The van der Waals surface area contributed by atoms with Crippen molar-refractivity contribution in [1.29, 1.82) is 0 Å². The van der Waals surface area contributed by atoms with E-state index < -0.39 is 47.5 Å². The van der Waals surface area contributed by atoms with Crippen LogP contribution in [0.4, 0.5) is 19.3 Å². The lowest BCUT2D eigenvalue weighted by molar-refractivity contribution is -0.384. The van der Waals surface area contributed by atoms with E-state index in [1.54, 1.807) is 20.8 Å². The molecule has 0 radical (unpaired) electrons. The SMILES string of the molecule is CC(C)(C)OC(=O)N1CC(F)(F)CC1C(=O)Oc1ccc([N+](=O)[O-])cc1. The van der Waals surface area contributed by atoms with E-state index in [0.717, 1.165) is 12.1 Å². The van der Waals surface area contributed by atoms with E-state index in [-0.39, 0.29) is 11.4 Å². The Hall–Kier alpha value is -2.78. The van der Waals surface area contributed by atoms with E-state index in [2.05, 4.69) is 0 Å². The lowest BCUT2D eigenvalue weighted by atomic mass is 10.2. The van der Waals surface area contributed by atoms with Crippen LogP contribution in [0.5, 0.6) is 5.75 Å². The summed E-state index contributed by atoms with van der Waals surface area (Å²) in [4.78, 5) is 35.0. The van der Waals surface area contributed by atoms with E-state index in [1.807, 2.05) is 0 Å². The Labute approximate surface area is 147 Å². The third-order valence-corrected chi connectivity index (χ3v) is 3.44. The first kappa shape index (κ1) is 19.5. The first-order chi connectivity index (χ1) is 11.9. The molecule has 2 rings (SSSR count). The van der Waals surface area contributed by atoms with Crippen molar-refractivity contribution in [3.63, 3.8) is 0 Å².